The standard InChI is InChI=1S/C30H34N8/c1-36-16-18-37(19-17-36)25-12-14-26(15-13-25)38-29(32-21-24-10-6-3-7-11-24)35-28-27(33-22-34-28)30(38,31)20-23-8-4-2-5-9-23/h2-15,22H,16-21,31H2,1H3,(H,32,35)(H,33,34). The molecule has 1 saturated heterocycles. The lowest BCUT2D eigenvalue weighted by molar-refractivity contribution is 0.313. The third kappa shape index (κ3) is 4.76. The van der Waals surface area contributed by atoms with Gasteiger partial charge in [0.15, 0.2) is 5.82 Å². The zero-order valence-corrected chi connectivity index (χ0v) is 21.7. The maximum Gasteiger partial charge on any atom is 0.207 e. The Morgan fingerprint density at radius 2 is 1.47 bits per heavy atom. The van der Waals surface area contributed by atoms with Gasteiger partial charge in [-0.3, -0.25) is 4.90 Å². The van der Waals surface area contributed by atoms with Gasteiger partial charge in [0.05, 0.1) is 6.33 Å². The zero-order valence-electron chi connectivity index (χ0n) is 21.7. The number of aromatic nitrogens is 2. The van der Waals surface area contributed by atoms with Crippen LogP contribution in [-0.4, -0.2) is 54.1 Å². The summed E-state index contributed by atoms with van der Waals surface area (Å²) in [7, 11) is 2.18. The molecule has 4 N–H and O–H groups in total. The fourth-order valence-corrected chi connectivity index (χ4v) is 5.34. The lowest BCUT2D eigenvalue weighted by atomic mass is 9.93. The van der Waals surface area contributed by atoms with E-state index in [1.54, 1.807) is 6.33 Å². The highest BCUT2D eigenvalue weighted by molar-refractivity contribution is 6.01. The smallest absolute Gasteiger partial charge is 0.207 e. The summed E-state index contributed by atoms with van der Waals surface area (Å²) in [4.78, 5) is 19.7. The molecule has 2 aliphatic rings. The summed E-state index contributed by atoms with van der Waals surface area (Å²) in [6.45, 7) is 4.81. The van der Waals surface area contributed by atoms with Gasteiger partial charge in [0.25, 0.3) is 0 Å². The van der Waals surface area contributed by atoms with Gasteiger partial charge in [-0.1, -0.05) is 60.7 Å². The second-order valence-electron chi connectivity index (χ2n) is 10.1. The molecule has 2 aliphatic heterocycles. The molecule has 3 aromatic carbocycles. The molecule has 1 unspecified atom stereocenters. The van der Waals surface area contributed by atoms with Gasteiger partial charge in [-0.25, -0.2) is 4.98 Å². The Morgan fingerprint density at radius 3 is 2.16 bits per heavy atom. The number of fused-ring (bicyclic) bond motifs is 1. The first-order valence-electron chi connectivity index (χ1n) is 13.2. The summed E-state index contributed by atoms with van der Waals surface area (Å²) < 4.78 is 0. The molecule has 194 valence electrons. The van der Waals surface area contributed by atoms with Gasteiger partial charge in [-0.05, 0) is 42.4 Å². The summed E-state index contributed by atoms with van der Waals surface area (Å²) >= 11 is 0. The van der Waals surface area contributed by atoms with Crippen LogP contribution in [0.3, 0.4) is 0 Å². The Labute approximate surface area is 223 Å². The first-order valence-corrected chi connectivity index (χ1v) is 13.2. The summed E-state index contributed by atoms with van der Waals surface area (Å²) in [5, 5.41) is 3.57. The van der Waals surface area contributed by atoms with E-state index in [0.717, 1.165) is 43.1 Å². The van der Waals surface area contributed by atoms with Crippen LogP contribution in [0.5, 0.6) is 0 Å². The van der Waals surface area contributed by atoms with Crippen molar-refractivity contribution in [2.75, 3.05) is 43.0 Å². The van der Waals surface area contributed by atoms with Crippen molar-refractivity contribution in [3.05, 3.63) is 108 Å². The highest BCUT2D eigenvalue weighted by atomic mass is 15.4. The largest absolute Gasteiger partial charge is 0.369 e. The number of benzene rings is 3. The number of H-pyrrole nitrogens is 1. The van der Waals surface area contributed by atoms with Crippen LogP contribution in [0.25, 0.3) is 0 Å². The number of nitrogens with two attached hydrogens (primary N) is 1. The van der Waals surface area contributed by atoms with Crippen LogP contribution in [0.4, 0.5) is 17.2 Å². The van der Waals surface area contributed by atoms with Gasteiger partial charge in [0, 0.05) is 50.5 Å². The van der Waals surface area contributed by atoms with Crippen molar-refractivity contribution in [2.24, 2.45) is 10.7 Å². The topological polar surface area (TPSA) is 88.8 Å². The third-order valence-corrected chi connectivity index (χ3v) is 7.44. The molecule has 1 atom stereocenters. The van der Waals surface area contributed by atoms with Gasteiger partial charge in [-0.2, -0.15) is 4.99 Å². The highest BCUT2D eigenvalue weighted by Gasteiger charge is 2.45. The van der Waals surface area contributed by atoms with Crippen LogP contribution in [0.1, 0.15) is 16.8 Å². The van der Waals surface area contributed by atoms with Gasteiger partial charge < -0.3 is 25.8 Å². The molecule has 0 aliphatic carbocycles. The van der Waals surface area contributed by atoms with E-state index in [9.17, 15) is 0 Å². The predicted molar refractivity (Wildman–Crippen MR) is 154 cm³/mol. The molecule has 4 aromatic rings. The molecule has 0 saturated carbocycles. The number of hydrogen-bond donors (Lipinski definition) is 3. The van der Waals surface area contributed by atoms with Crippen LogP contribution >= 0.6 is 0 Å². The van der Waals surface area contributed by atoms with Crippen molar-refractivity contribution in [3.63, 3.8) is 0 Å². The second kappa shape index (κ2) is 10.3. The Balaban J connectivity index is 1.38. The Bertz CT molecular complexity index is 1370. The quantitative estimate of drug-likeness (QED) is 0.369. The van der Waals surface area contributed by atoms with Gasteiger partial charge in [0.2, 0.25) is 5.96 Å². The molecular formula is C30H34N8. The number of nitrogens with zero attached hydrogens (tertiary/aromatic N) is 5. The first-order chi connectivity index (χ1) is 18.6. The number of aromatic amines is 1. The second-order valence-corrected chi connectivity index (χ2v) is 10.1. The van der Waals surface area contributed by atoms with Crippen LogP contribution in [-0.2, 0) is 18.6 Å². The van der Waals surface area contributed by atoms with Crippen molar-refractivity contribution in [1.82, 2.24) is 20.2 Å². The molecule has 0 amide bonds. The molecule has 0 spiro atoms. The number of rotatable bonds is 6. The zero-order chi connectivity index (χ0) is 26.0. The molecule has 38 heavy (non-hydrogen) atoms. The first kappa shape index (κ1) is 24.2. The molecule has 8 heteroatoms. The molecule has 6 rings (SSSR count). The van der Waals surface area contributed by atoms with Crippen LogP contribution < -0.4 is 20.9 Å². The number of nitrogens with one attached hydrogen (secondary N) is 2. The van der Waals surface area contributed by atoms with Crippen molar-refractivity contribution >= 4 is 23.2 Å². The lowest BCUT2D eigenvalue weighted by Gasteiger charge is -2.44. The van der Waals surface area contributed by atoms with E-state index < -0.39 is 5.66 Å². The number of likely N-dealkylation sites (N-methyl/N-ethyl adjacent to an activating group) is 1. The number of imidazole rings is 1. The van der Waals surface area contributed by atoms with Crippen molar-refractivity contribution in [1.29, 1.82) is 0 Å². The minimum atomic E-state index is -0.952. The van der Waals surface area contributed by atoms with E-state index in [0.29, 0.717) is 24.7 Å². The maximum atomic E-state index is 7.39. The minimum absolute atomic E-state index is 0.567. The van der Waals surface area contributed by atoms with Gasteiger partial charge >= 0.3 is 0 Å². The van der Waals surface area contributed by atoms with E-state index >= 15 is 0 Å². The van der Waals surface area contributed by atoms with Crippen LogP contribution in [0.2, 0.25) is 0 Å². The predicted octanol–water partition coefficient (Wildman–Crippen LogP) is 3.81. The monoisotopic (exact) mass is 506 g/mol. The number of piperazine rings is 1. The number of guanidine groups is 1. The normalized spacial score (nSPS) is 19.7. The molecule has 3 heterocycles. The summed E-state index contributed by atoms with van der Waals surface area (Å²) in [5.74, 6) is 1.38. The average Bonchev–Trinajstić information content (AvgIpc) is 3.44. The van der Waals surface area contributed by atoms with Crippen LogP contribution in [0.15, 0.2) is 96.2 Å². The number of anilines is 2. The fraction of sp³-hybridized carbons (Fsp3) is 0.267. The molecule has 1 aromatic heterocycles. The minimum Gasteiger partial charge on any atom is -0.369 e. The average molecular weight is 507 g/mol. The molecule has 0 bridgehead atoms. The van der Waals surface area contributed by atoms with E-state index in [-0.39, 0.29) is 0 Å². The van der Waals surface area contributed by atoms with Crippen molar-refractivity contribution in [3.8, 4) is 0 Å². The third-order valence-electron chi connectivity index (χ3n) is 7.44. The van der Waals surface area contributed by atoms with Crippen LogP contribution in [0, 0.1) is 0 Å². The van der Waals surface area contributed by atoms with Gasteiger partial charge in [-0.15, -0.1) is 0 Å². The fourth-order valence-electron chi connectivity index (χ4n) is 5.34. The van der Waals surface area contributed by atoms with E-state index in [1.807, 2.05) is 36.4 Å². The van der Waals surface area contributed by atoms with E-state index in [1.165, 1.54) is 11.3 Å². The van der Waals surface area contributed by atoms with Crippen molar-refractivity contribution in [2.45, 2.75) is 18.6 Å². The molecule has 1 fully saturated rings. The molecular weight excluding hydrogens is 472 g/mol. The van der Waals surface area contributed by atoms with E-state index in [4.69, 9.17) is 10.7 Å². The highest BCUT2D eigenvalue weighted by Crippen LogP contribution is 2.39. The summed E-state index contributed by atoms with van der Waals surface area (Å²) in [5.41, 5.74) is 11.7. The Morgan fingerprint density at radius 1 is 0.842 bits per heavy atom. The number of aliphatic imine (C=N–C) groups is 1. The Hall–Kier alpha value is -4.14. The maximum absolute atomic E-state index is 7.39. The SMILES string of the molecule is CN1CCN(c2ccc(N3C(NCc4ccccc4)=Nc4[nH]cnc4C3(N)Cc3ccccc3)cc2)CC1. The van der Waals surface area contributed by atoms with Crippen molar-refractivity contribution < 1.29 is 0 Å². The molecule has 8 nitrogen and oxygen atoms in total. The lowest BCUT2D eigenvalue weighted by Crippen LogP contribution is -2.62. The van der Waals surface area contributed by atoms with Gasteiger partial charge in [0.1, 0.15) is 11.4 Å². The molecule has 0 radical (unpaired) electrons. The summed E-state index contributed by atoms with van der Waals surface area (Å²) in [6, 6.07) is 29.3. The number of hydrogen-bond acceptors (Lipinski definition) is 7. The van der Waals surface area contributed by atoms with E-state index in [2.05, 4.69) is 85.6 Å². The summed E-state index contributed by atoms with van der Waals surface area (Å²) in [6.07, 6.45) is 2.24. The Kier molecular flexibility index (Phi) is 6.57.